The second-order valence-electron chi connectivity index (χ2n) is 1.67. The Kier molecular flexibility index (Phi) is 1.89. The van der Waals surface area contributed by atoms with Crippen LogP contribution in [0.3, 0.4) is 0 Å². The molecule has 0 spiro atoms. The van der Waals surface area contributed by atoms with E-state index < -0.39 is 0 Å². The van der Waals surface area contributed by atoms with Gasteiger partial charge in [0.25, 0.3) is 0 Å². The Morgan fingerprint density at radius 3 is 2.00 bits per heavy atom. The van der Waals surface area contributed by atoms with Crippen molar-refractivity contribution in [1.82, 2.24) is 4.98 Å². The van der Waals surface area contributed by atoms with Crippen LogP contribution in [0.15, 0.2) is 18.5 Å². The average Bonchev–Trinajstić information content (AvgIpc) is 2.05. The molecule has 10 heavy (non-hydrogen) atoms. The zero-order valence-electron chi connectivity index (χ0n) is 5.00. The van der Waals surface area contributed by atoms with Gasteiger partial charge in [0.15, 0.2) is 0 Å². The Morgan fingerprint density at radius 2 is 1.60 bits per heavy atom. The Hall–Kier alpha value is -1.51. The molecule has 0 atom stereocenters. The van der Waals surface area contributed by atoms with Gasteiger partial charge in [-0.05, 0) is 6.07 Å². The molecule has 0 saturated heterocycles. The number of nitrogens with zero attached hydrogens (tertiary/aromatic N) is 1. The smallest absolute Gasteiger partial charge is 0.235 e. The molecule has 0 aliphatic heterocycles. The van der Waals surface area contributed by atoms with Crippen LogP contribution in [0.1, 0.15) is 11.1 Å². The van der Waals surface area contributed by atoms with Crippen molar-refractivity contribution in [3.05, 3.63) is 29.6 Å². The monoisotopic (exact) mass is 133 g/mol. The van der Waals surface area contributed by atoms with Crippen LogP contribution in [0, 0.1) is 0 Å². The largest absolute Gasteiger partial charge is 0.285 e. The van der Waals surface area contributed by atoms with Crippen molar-refractivity contribution in [1.29, 1.82) is 0 Å². The van der Waals surface area contributed by atoms with Gasteiger partial charge >= 0.3 is 0 Å². The number of carbonyl (C=O) groups excluding carboxylic acids is 2. The van der Waals surface area contributed by atoms with Crippen molar-refractivity contribution in [2.75, 3.05) is 0 Å². The van der Waals surface area contributed by atoms with Gasteiger partial charge in [0.2, 0.25) is 12.6 Å². The summed E-state index contributed by atoms with van der Waals surface area (Å²) in [6, 6.07) is 1.37. The van der Waals surface area contributed by atoms with Crippen LogP contribution < -0.4 is 0 Å². The van der Waals surface area contributed by atoms with Crippen LogP contribution >= 0.6 is 0 Å². The first-order chi connectivity index (χ1) is 4.86. The fourth-order valence-electron chi connectivity index (χ4n) is 0.552. The van der Waals surface area contributed by atoms with E-state index in [0.29, 0.717) is 0 Å². The average molecular weight is 133 g/mol. The standard InChI is InChI=1S/C7H3NO2/c9-4-6-1-7(5-10)3-8-2-6/h1-3H. The summed E-state index contributed by atoms with van der Waals surface area (Å²) in [5.41, 5.74) is 0.529. The predicted octanol–water partition coefficient (Wildman–Crippen LogP) is -0.00280. The van der Waals surface area contributed by atoms with Crippen molar-refractivity contribution in [2.45, 2.75) is 0 Å². The van der Waals surface area contributed by atoms with Gasteiger partial charge in [0.05, 0.1) is 0 Å². The SMILES string of the molecule is O=[C]c1cncc([C]=O)c1. The molecule has 0 fully saturated rings. The van der Waals surface area contributed by atoms with Gasteiger partial charge in [0.1, 0.15) is 0 Å². The first-order valence-electron chi connectivity index (χ1n) is 2.58. The van der Waals surface area contributed by atoms with Gasteiger partial charge in [-0.15, -0.1) is 0 Å². The molecule has 1 rings (SSSR count). The lowest BCUT2D eigenvalue weighted by Gasteiger charge is -1.86. The van der Waals surface area contributed by atoms with E-state index in [1.807, 2.05) is 0 Å². The van der Waals surface area contributed by atoms with E-state index in [0.717, 1.165) is 0 Å². The third-order valence-electron chi connectivity index (χ3n) is 0.974. The molecule has 48 valence electrons. The summed E-state index contributed by atoms with van der Waals surface area (Å²) in [6.45, 7) is 0. The molecular formula is C7H3NO2. The predicted molar refractivity (Wildman–Crippen MR) is 33.8 cm³/mol. The van der Waals surface area contributed by atoms with Crippen molar-refractivity contribution in [2.24, 2.45) is 0 Å². The molecule has 0 aliphatic carbocycles. The molecular weight excluding hydrogens is 130 g/mol. The lowest BCUT2D eigenvalue weighted by Crippen LogP contribution is -1.86. The Labute approximate surface area is 57.7 Å². The highest BCUT2D eigenvalue weighted by molar-refractivity contribution is 5.81. The van der Waals surface area contributed by atoms with E-state index in [2.05, 4.69) is 4.98 Å². The van der Waals surface area contributed by atoms with Crippen LogP contribution in [0.25, 0.3) is 0 Å². The number of hydrogen-bond acceptors (Lipinski definition) is 3. The molecule has 1 heterocycles. The number of rotatable bonds is 2. The van der Waals surface area contributed by atoms with Gasteiger partial charge in [-0.2, -0.15) is 0 Å². The third-order valence-corrected chi connectivity index (χ3v) is 0.974. The van der Waals surface area contributed by atoms with Crippen molar-refractivity contribution >= 4 is 12.6 Å². The molecule has 3 nitrogen and oxygen atoms in total. The highest BCUT2D eigenvalue weighted by Crippen LogP contribution is 1.95. The van der Waals surface area contributed by atoms with Crippen molar-refractivity contribution in [3.63, 3.8) is 0 Å². The minimum Gasteiger partial charge on any atom is -0.285 e. The fourth-order valence-corrected chi connectivity index (χ4v) is 0.552. The van der Waals surface area contributed by atoms with Crippen LogP contribution in [-0.4, -0.2) is 17.6 Å². The van der Waals surface area contributed by atoms with E-state index in [4.69, 9.17) is 0 Å². The maximum absolute atomic E-state index is 9.98. The molecule has 0 N–H and O–H groups in total. The van der Waals surface area contributed by atoms with E-state index in [-0.39, 0.29) is 11.1 Å². The van der Waals surface area contributed by atoms with E-state index in [1.54, 1.807) is 12.6 Å². The zero-order chi connectivity index (χ0) is 7.40. The third kappa shape index (κ3) is 1.25. The summed E-state index contributed by atoms with van der Waals surface area (Å²) in [6.07, 6.45) is 5.88. The van der Waals surface area contributed by atoms with E-state index >= 15 is 0 Å². The number of hydrogen-bond donors (Lipinski definition) is 0. The molecule has 0 amide bonds. The van der Waals surface area contributed by atoms with Gasteiger partial charge in [-0.3, -0.25) is 14.6 Å². The van der Waals surface area contributed by atoms with Crippen LogP contribution in [0.5, 0.6) is 0 Å². The zero-order valence-corrected chi connectivity index (χ0v) is 5.00. The molecule has 2 radical (unpaired) electrons. The van der Waals surface area contributed by atoms with Crippen LogP contribution in [0.2, 0.25) is 0 Å². The Balaban J connectivity index is 3.09. The molecule has 0 aromatic carbocycles. The summed E-state index contributed by atoms with van der Waals surface area (Å²) in [7, 11) is 0. The van der Waals surface area contributed by atoms with Crippen molar-refractivity contribution in [3.8, 4) is 0 Å². The van der Waals surface area contributed by atoms with Crippen LogP contribution in [-0.2, 0) is 9.59 Å². The molecule has 3 heteroatoms. The minimum absolute atomic E-state index is 0.265. The second-order valence-corrected chi connectivity index (χ2v) is 1.67. The van der Waals surface area contributed by atoms with Gasteiger partial charge in [-0.25, -0.2) is 0 Å². The molecule has 0 unspecified atom stereocenters. The molecule has 0 saturated carbocycles. The Morgan fingerprint density at radius 1 is 1.10 bits per heavy atom. The van der Waals surface area contributed by atoms with Gasteiger partial charge in [-0.1, -0.05) is 0 Å². The lowest BCUT2D eigenvalue weighted by atomic mass is 10.2. The summed E-state index contributed by atoms with van der Waals surface area (Å²) in [4.78, 5) is 23.6. The van der Waals surface area contributed by atoms with E-state index in [1.165, 1.54) is 18.5 Å². The Bertz CT molecular complexity index is 234. The van der Waals surface area contributed by atoms with Crippen LogP contribution in [0.4, 0.5) is 0 Å². The summed E-state index contributed by atoms with van der Waals surface area (Å²) < 4.78 is 0. The maximum atomic E-state index is 9.98. The lowest BCUT2D eigenvalue weighted by molar-refractivity contribution is 0.562. The van der Waals surface area contributed by atoms with Gasteiger partial charge < -0.3 is 0 Å². The first kappa shape index (κ1) is 6.61. The topological polar surface area (TPSA) is 47.0 Å². The highest BCUT2D eigenvalue weighted by atomic mass is 16.1. The van der Waals surface area contributed by atoms with Gasteiger partial charge in [0, 0.05) is 23.5 Å². The highest BCUT2D eigenvalue weighted by Gasteiger charge is 1.93. The van der Waals surface area contributed by atoms with Crippen molar-refractivity contribution < 1.29 is 9.59 Å². The molecule has 1 aromatic heterocycles. The minimum atomic E-state index is 0.265. The second kappa shape index (κ2) is 2.87. The number of pyridine rings is 1. The first-order valence-corrected chi connectivity index (χ1v) is 2.58. The molecule has 1 aromatic rings. The fraction of sp³-hybridized carbons (Fsp3) is 0. The normalized spacial score (nSPS) is 8.80. The molecule has 0 bridgehead atoms. The maximum Gasteiger partial charge on any atom is 0.235 e. The summed E-state index contributed by atoms with van der Waals surface area (Å²) in [5.74, 6) is 0. The quantitative estimate of drug-likeness (QED) is 0.570. The molecule has 0 aliphatic rings. The summed E-state index contributed by atoms with van der Waals surface area (Å²) in [5, 5.41) is 0. The summed E-state index contributed by atoms with van der Waals surface area (Å²) >= 11 is 0. The number of aromatic nitrogens is 1. The van der Waals surface area contributed by atoms with E-state index in [9.17, 15) is 9.59 Å².